The molecule has 0 aliphatic carbocycles. The maximum absolute atomic E-state index is 5.54. The third-order valence-corrected chi connectivity index (χ3v) is 3.02. The third-order valence-electron chi connectivity index (χ3n) is 3.02. The van der Waals surface area contributed by atoms with Gasteiger partial charge >= 0.3 is 0 Å². The highest BCUT2D eigenvalue weighted by Crippen LogP contribution is 2.20. The quantitative estimate of drug-likeness (QED) is 0.866. The number of ether oxygens (including phenoxy) is 2. The van der Waals surface area contributed by atoms with Gasteiger partial charge in [0.25, 0.3) is 0 Å². The van der Waals surface area contributed by atoms with Gasteiger partial charge in [-0.15, -0.1) is 0 Å². The summed E-state index contributed by atoms with van der Waals surface area (Å²) in [5.41, 5.74) is 1.33. The summed E-state index contributed by atoms with van der Waals surface area (Å²) < 4.78 is 11.1. The van der Waals surface area contributed by atoms with E-state index in [-0.39, 0.29) is 5.54 Å². The largest absolute Gasteiger partial charge is 0.494 e. The smallest absolute Gasteiger partial charge is 0.119 e. The molecule has 3 nitrogen and oxygen atoms in total. The Morgan fingerprint density at radius 2 is 2.35 bits per heavy atom. The molecule has 1 atom stereocenters. The monoisotopic (exact) mass is 235 g/mol. The van der Waals surface area contributed by atoms with E-state index in [0.29, 0.717) is 6.61 Å². The Kier molecular flexibility index (Phi) is 4.02. The molecule has 1 aliphatic heterocycles. The zero-order chi connectivity index (χ0) is 12.1. The molecule has 1 fully saturated rings. The molecule has 2 rings (SSSR count). The molecule has 1 heterocycles. The van der Waals surface area contributed by atoms with E-state index >= 15 is 0 Å². The highest BCUT2D eigenvalue weighted by molar-refractivity contribution is 5.29. The predicted octanol–water partition coefficient (Wildman–Crippen LogP) is 2.01. The molecule has 1 unspecified atom stereocenters. The maximum atomic E-state index is 5.54. The lowest BCUT2D eigenvalue weighted by Crippen LogP contribution is -2.53. The minimum Gasteiger partial charge on any atom is -0.494 e. The molecule has 1 aromatic rings. The van der Waals surface area contributed by atoms with E-state index < -0.39 is 0 Å². The van der Waals surface area contributed by atoms with E-state index in [0.717, 1.165) is 31.9 Å². The highest BCUT2D eigenvalue weighted by Gasteiger charge is 2.27. The van der Waals surface area contributed by atoms with Crippen LogP contribution in [-0.4, -0.2) is 31.9 Å². The second-order valence-corrected chi connectivity index (χ2v) is 4.80. The summed E-state index contributed by atoms with van der Waals surface area (Å²) in [4.78, 5) is 0. The number of hydrogen-bond donors (Lipinski definition) is 1. The molecule has 17 heavy (non-hydrogen) atoms. The van der Waals surface area contributed by atoms with Gasteiger partial charge in [-0.2, -0.15) is 0 Å². The molecule has 1 aliphatic rings. The van der Waals surface area contributed by atoms with E-state index in [4.69, 9.17) is 9.47 Å². The Bertz CT molecular complexity index is 359. The highest BCUT2D eigenvalue weighted by atomic mass is 16.5. The van der Waals surface area contributed by atoms with Crippen LogP contribution in [0.25, 0.3) is 0 Å². The van der Waals surface area contributed by atoms with Crippen LogP contribution in [0.2, 0.25) is 0 Å². The van der Waals surface area contributed by atoms with E-state index in [9.17, 15) is 0 Å². The van der Waals surface area contributed by atoms with Crippen LogP contribution in [0.4, 0.5) is 0 Å². The van der Waals surface area contributed by atoms with E-state index in [1.54, 1.807) is 0 Å². The summed E-state index contributed by atoms with van der Waals surface area (Å²) in [6, 6.07) is 8.31. The lowest BCUT2D eigenvalue weighted by atomic mass is 9.92. The summed E-state index contributed by atoms with van der Waals surface area (Å²) in [7, 11) is 0. The van der Waals surface area contributed by atoms with Crippen LogP contribution in [0.15, 0.2) is 24.3 Å². The standard InChI is InChI=1S/C14H21NO2/c1-3-17-13-6-4-5-12(9-13)10-14(2)11-16-8-7-15-14/h4-6,9,15H,3,7-8,10-11H2,1-2H3. The van der Waals surface area contributed by atoms with Gasteiger partial charge in [-0.05, 0) is 38.0 Å². The molecular weight excluding hydrogens is 214 g/mol. The van der Waals surface area contributed by atoms with Crippen LogP contribution in [-0.2, 0) is 11.2 Å². The van der Waals surface area contributed by atoms with Crippen LogP contribution >= 0.6 is 0 Å². The molecule has 1 saturated heterocycles. The van der Waals surface area contributed by atoms with Crippen molar-refractivity contribution in [3.05, 3.63) is 29.8 Å². The molecule has 1 aromatic carbocycles. The summed E-state index contributed by atoms with van der Waals surface area (Å²) in [6.07, 6.45) is 0.966. The van der Waals surface area contributed by atoms with Crippen molar-refractivity contribution < 1.29 is 9.47 Å². The van der Waals surface area contributed by atoms with Gasteiger partial charge in [0.1, 0.15) is 5.75 Å². The zero-order valence-corrected chi connectivity index (χ0v) is 10.7. The fourth-order valence-corrected chi connectivity index (χ4v) is 2.25. The van der Waals surface area contributed by atoms with Crippen molar-refractivity contribution in [2.24, 2.45) is 0 Å². The average molecular weight is 235 g/mol. The molecule has 0 spiro atoms. The second-order valence-electron chi connectivity index (χ2n) is 4.80. The lowest BCUT2D eigenvalue weighted by molar-refractivity contribution is 0.0355. The van der Waals surface area contributed by atoms with Crippen molar-refractivity contribution >= 4 is 0 Å². The first kappa shape index (κ1) is 12.4. The third kappa shape index (κ3) is 3.45. The predicted molar refractivity (Wildman–Crippen MR) is 68.5 cm³/mol. The summed E-state index contributed by atoms with van der Waals surface area (Å²) in [5, 5.41) is 3.53. The van der Waals surface area contributed by atoms with Crippen molar-refractivity contribution in [3.63, 3.8) is 0 Å². The number of rotatable bonds is 4. The van der Waals surface area contributed by atoms with Gasteiger partial charge in [-0.3, -0.25) is 0 Å². The fraction of sp³-hybridized carbons (Fsp3) is 0.571. The van der Waals surface area contributed by atoms with Gasteiger partial charge in [-0.1, -0.05) is 12.1 Å². The first-order chi connectivity index (χ1) is 8.22. The topological polar surface area (TPSA) is 30.5 Å². The number of nitrogens with one attached hydrogen (secondary N) is 1. The molecule has 0 bridgehead atoms. The first-order valence-corrected chi connectivity index (χ1v) is 6.26. The molecular formula is C14H21NO2. The van der Waals surface area contributed by atoms with Gasteiger partial charge in [0.2, 0.25) is 0 Å². The van der Waals surface area contributed by atoms with Crippen molar-refractivity contribution in [2.45, 2.75) is 25.8 Å². The van der Waals surface area contributed by atoms with E-state index in [2.05, 4.69) is 24.4 Å². The van der Waals surface area contributed by atoms with Crippen molar-refractivity contribution in [1.29, 1.82) is 0 Å². The number of morpholine rings is 1. The summed E-state index contributed by atoms with van der Waals surface area (Å²) in [6.45, 7) is 7.44. The van der Waals surface area contributed by atoms with Gasteiger partial charge < -0.3 is 14.8 Å². The minimum absolute atomic E-state index is 0.0447. The zero-order valence-electron chi connectivity index (χ0n) is 10.7. The normalized spacial score (nSPS) is 24.6. The van der Waals surface area contributed by atoms with Crippen LogP contribution in [0.1, 0.15) is 19.4 Å². The van der Waals surface area contributed by atoms with Gasteiger partial charge in [-0.25, -0.2) is 0 Å². The van der Waals surface area contributed by atoms with Gasteiger partial charge in [0.05, 0.1) is 19.8 Å². The Balaban J connectivity index is 2.04. The fourth-order valence-electron chi connectivity index (χ4n) is 2.25. The Labute approximate surface area is 103 Å². The van der Waals surface area contributed by atoms with Crippen LogP contribution in [0.3, 0.4) is 0 Å². The first-order valence-electron chi connectivity index (χ1n) is 6.26. The number of hydrogen-bond acceptors (Lipinski definition) is 3. The lowest BCUT2D eigenvalue weighted by Gasteiger charge is -2.35. The summed E-state index contributed by atoms with van der Waals surface area (Å²) in [5.74, 6) is 0.949. The number of benzene rings is 1. The average Bonchev–Trinajstić information content (AvgIpc) is 2.30. The molecule has 0 aromatic heterocycles. The van der Waals surface area contributed by atoms with E-state index in [1.807, 2.05) is 19.1 Å². The van der Waals surface area contributed by atoms with Crippen LogP contribution in [0.5, 0.6) is 5.75 Å². The van der Waals surface area contributed by atoms with Crippen molar-refractivity contribution in [1.82, 2.24) is 5.32 Å². The molecule has 0 radical (unpaired) electrons. The van der Waals surface area contributed by atoms with Crippen LogP contribution < -0.4 is 10.1 Å². The molecule has 1 N–H and O–H groups in total. The van der Waals surface area contributed by atoms with Crippen LogP contribution in [0, 0.1) is 0 Å². The van der Waals surface area contributed by atoms with Gasteiger partial charge in [0.15, 0.2) is 0 Å². The Morgan fingerprint density at radius 1 is 1.47 bits per heavy atom. The maximum Gasteiger partial charge on any atom is 0.119 e. The Hall–Kier alpha value is -1.06. The molecule has 0 saturated carbocycles. The molecule has 0 amide bonds. The SMILES string of the molecule is CCOc1cccc(CC2(C)COCCN2)c1. The minimum atomic E-state index is 0.0447. The van der Waals surface area contributed by atoms with Gasteiger partial charge in [0, 0.05) is 12.1 Å². The second kappa shape index (κ2) is 5.52. The molecule has 3 heteroatoms. The Morgan fingerprint density at radius 3 is 3.06 bits per heavy atom. The molecule has 94 valence electrons. The summed E-state index contributed by atoms with van der Waals surface area (Å²) >= 11 is 0. The van der Waals surface area contributed by atoms with E-state index in [1.165, 1.54) is 5.56 Å². The van der Waals surface area contributed by atoms with Crippen molar-refractivity contribution in [3.8, 4) is 5.75 Å². The van der Waals surface area contributed by atoms with Crippen molar-refractivity contribution in [2.75, 3.05) is 26.4 Å².